The number of thiazole rings is 1. The summed E-state index contributed by atoms with van der Waals surface area (Å²) in [6.45, 7) is 0.795. The molecule has 10 heteroatoms. The summed E-state index contributed by atoms with van der Waals surface area (Å²) in [6.07, 6.45) is 1.53. The molecule has 1 unspecified atom stereocenters. The maximum atomic E-state index is 13.1. The maximum Gasteiger partial charge on any atom is 0.301 e. The highest BCUT2D eigenvalue weighted by Gasteiger charge is 2.48. The number of halogens is 2. The van der Waals surface area contributed by atoms with Crippen LogP contribution in [0.15, 0.2) is 53.5 Å². The first kappa shape index (κ1) is 20.8. The second-order valence-corrected chi connectivity index (χ2v) is 8.70. The minimum atomic E-state index is -0.941. The van der Waals surface area contributed by atoms with E-state index in [0.717, 1.165) is 0 Å². The third-order valence-corrected chi connectivity index (χ3v) is 6.65. The van der Waals surface area contributed by atoms with Crippen LogP contribution < -0.4 is 14.4 Å². The normalized spacial score (nSPS) is 19.4. The minimum Gasteiger partial charge on any atom is -0.507 e. The van der Waals surface area contributed by atoms with Gasteiger partial charge in [0.25, 0.3) is 5.78 Å². The molecule has 1 amide bonds. The van der Waals surface area contributed by atoms with Crippen molar-refractivity contribution < 1.29 is 24.2 Å². The molecule has 0 spiro atoms. The Morgan fingerprint density at radius 2 is 1.84 bits per heavy atom. The molecule has 2 aliphatic heterocycles. The van der Waals surface area contributed by atoms with Crippen LogP contribution in [0.25, 0.3) is 5.76 Å². The predicted molar refractivity (Wildman–Crippen MR) is 121 cm³/mol. The van der Waals surface area contributed by atoms with Crippen molar-refractivity contribution in [3.05, 3.63) is 74.7 Å². The summed E-state index contributed by atoms with van der Waals surface area (Å²) in [5.74, 6) is -0.980. The number of carbonyl (C=O) groups is 2. The number of nitrogens with zero attached hydrogens (tertiary/aromatic N) is 2. The van der Waals surface area contributed by atoms with Crippen LogP contribution in [0.3, 0.4) is 0 Å². The molecule has 0 radical (unpaired) electrons. The van der Waals surface area contributed by atoms with Crippen LogP contribution in [0.2, 0.25) is 10.0 Å². The zero-order valence-corrected chi connectivity index (χ0v) is 18.6. The maximum absolute atomic E-state index is 13.1. The molecule has 1 saturated heterocycles. The number of amides is 1. The van der Waals surface area contributed by atoms with Gasteiger partial charge in [-0.1, -0.05) is 29.3 Å². The van der Waals surface area contributed by atoms with Crippen LogP contribution in [0.1, 0.15) is 17.2 Å². The molecule has 0 bridgehead atoms. The third kappa shape index (κ3) is 3.40. The van der Waals surface area contributed by atoms with Crippen molar-refractivity contribution in [2.75, 3.05) is 18.1 Å². The van der Waals surface area contributed by atoms with Gasteiger partial charge >= 0.3 is 5.91 Å². The Morgan fingerprint density at radius 1 is 1.06 bits per heavy atom. The summed E-state index contributed by atoms with van der Waals surface area (Å²) in [5.41, 5.74) is 0.740. The number of carbonyl (C=O) groups excluding carboxylic acids is 2. The third-order valence-electron chi connectivity index (χ3n) is 5.14. The van der Waals surface area contributed by atoms with Crippen LogP contribution in [-0.4, -0.2) is 35.0 Å². The number of aliphatic hydroxyl groups excluding tert-OH is 1. The van der Waals surface area contributed by atoms with Gasteiger partial charge in [-0.25, -0.2) is 4.98 Å². The first-order valence-electron chi connectivity index (χ1n) is 9.51. The van der Waals surface area contributed by atoms with Gasteiger partial charge < -0.3 is 14.6 Å². The van der Waals surface area contributed by atoms with Crippen LogP contribution in [-0.2, 0) is 9.59 Å². The lowest BCUT2D eigenvalue weighted by Gasteiger charge is -2.23. The number of ether oxygens (including phenoxy) is 2. The fourth-order valence-electron chi connectivity index (χ4n) is 3.71. The molecular formula is C22H14Cl2N2O5S. The lowest BCUT2D eigenvalue weighted by Crippen LogP contribution is -2.29. The van der Waals surface area contributed by atoms with E-state index in [1.807, 2.05) is 0 Å². The van der Waals surface area contributed by atoms with Crippen molar-refractivity contribution in [3.63, 3.8) is 0 Å². The summed E-state index contributed by atoms with van der Waals surface area (Å²) in [7, 11) is 0. The fraction of sp³-hybridized carbons (Fsp3) is 0.136. The number of benzene rings is 2. The second-order valence-electron chi connectivity index (χ2n) is 7.02. The summed E-state index contributed by atoms with van der Waals surface area (Å²) >= 11 is 13.5. The number of aliphatic hydroxyl groups is 1. The summed E-state index contributed by atoms with van der Waals surface area (Å²) in [5, 5.41) is 13.8. The van der Waals surface area contributed by atoms with Crippen molar-refractivity contribution in [2.24, 2.45) is 0 Å². The number of hydrogen-bond donors (Lipinski definition) is 1. The molecule has 2 aliphatic rings. The average Bonchev–Trinajstić information content (AvgIpc) is 3.42. The molecule has 2 aromatic carbocycles. The van der Waals surface area contributed by atoms with Gasteiger partial charge in [0.2, 0.25) is 0 Å². The highest BCUT2D eigenvalue weighted by Crippen LogP contribution is 2.44. The van der Waals surface area contributed by atoms with Crippen molar-refractivity contribution >= 4 is 57.1 Å². The Labute approximate surface area is 196 Å². The van der Waals surface area contributed by atoms with E-state index in [-0.39, 0.29) is 16.4 Å². The van der Waals surface area contributed by atoms with E-state index in [1.54, 1.807) is 41.8 Å². The number of rotatable bonds is 3. The highest BCUT2D eigenvalue weighted by molar-refractivity contribution is 7.14. The molecule has 1 N–H and O–H groups in total. The molecule has 32 heavy (non-hydrogen) atoms. The van der Waals surface area contributed by atoms with E-state index < -0.39 is 17.7 Å². The molecule has 1 aromatic heterocycles. The number of Topliss-reactive ketones (excluding diaryl/α,β-unsaturated/α-hetero) is 1. The summed E-state index contributed by atoms with van der Waals surface area (Å²) < 4.78 is 11.1. The smallest absolute Gasteiger partial charge is 0.301 e. The van der Waals surface area contributed by atoms with Gasteiger partial charge in [0.1, 0.15) is 19.0 Å². The molecule has 1 atom stereocenters. The Hall–Kier alpha value is -3.07. The van der Waals surface area contributed by atoms with Crippen LogP contribution in [0.5, 0.6) is 11.5 Å². The van der Waals surface area contributed by atoms with Crippen LogP contribution in [0.4, 0.5) is 5.13 Å². The Balaban J connectivity index is 1.70. The molecule has 3 aromatic rings. The van der Waals surface area contributed by atoms with Gasteiger partial charge in [-0.05, 0) is 35.9 Å². The van der Waals surface area contributed by atoms with E-state index >= 15 is 0 Å². The number of ketones is 1. The van der Waals surface area contributed by atoms with Crippen LogP contribution in [0, 0.1) is 0 Å². The number of fused-ring (bicyclic) bond motifs is 1. The van der Waals surface area contributed by atoms with Gasteiger partial charge in [0.15, 0.2) is 16.6 Å². The predicted octanol–water partition coefficient (Wildman–Crippen LogP) is 4.85. The van der Waals surface area contributed by atoms with Gasteiger partial charge in [0, 0.05) is 17.1 Å². The number of aromatic nitrogens is 1. The van der Waals surface area contributed by atoms with E-state index in [9.17, 15) is 14.7 Å². The highest BCUT2D eigenvalue weighted by atomic mass is 35.5. The lowest BCUT2D eigenvalue weighted by atomic mass is 9.95. The molecule has 7 nitrogen and oxygen atoms in total. The topological polar surface area (TPSA) is 89.0 Å². The Bertz CT molecular complexity index is 1280. The van der Waals surface area contributed by atoms with Crippen molar-refractivity contribution in [1.82, 2.24) is 4.98 Å². The van der Waals surface area contributed by atoms with Crippen LogP contribution >= 0.6 is 34.5 Å². The van der Waals surface area contributed by atoms with Crippen molar-refractivity contribution in [2.45, 2.75) is 6.04 Å². The summed E-state index contributed by atoms with van der Waals surface area (Å²) in [6, 6.07) is 8.68. The molecule has 5 rings (SSSR count). The number of anilines is 1. The van der Waals surface area contributed by atoms with Gasteiger partial charge in [-0.2, -0.15) is 0 Å². The van der Waals surface area contributed by atoms with E-state index in [2.05, 4.69) is 4.98 Å². The fourth-order valence-corrected chi connectivity index (χ4v) is 4.68. The molecule has 162 valence electrons. The van der Waals surface area contributed by atoms with E-state index in [4.69, 9.17) is 32.7 Å². The molecule has 0 aliphatic carbocycles. The molecule has 3 heterocycles. The van der Waals surface area contributed by atoms with Gasteiger partial charge in [-0.3, -0.25) is 14.5 Å². The Morgan fingerprint density at radius 3 is 2.56 bits per heavy atom. The van der Waals surface area contributed by atoms with Gasteiger partial charge in [-0.15, -0.1) is 11.3 Å². The van der Waals surface area contributed by atoms with Crippen molar-refractivity contribution in [1.29, 1.82) is 0 Å². The quantitative estimate of drug-likeness (QED) is 0.322. The largest absolute Gasteiger partial charge is 0.507 e. The first-order valence-corrected chi connectivity index (χ1v) is 11.1. The molecular weight excluding hydrogens is 475 g/mol. The molecule has 0 saturated carbocycles. The van der Waals surface area contributed by atoms with E-state index in [1.165, 1.54) is 22.4 Å². The lowest BCUT2D eigenvalue weighted by molar-refractivity contribution is -0.132. The Kier molecular flexibility index (Phi) is 5.28. The minimum absolute atomic E-state index is 0.0831. The van der Waals surface area contributed by atoms with Gasteiger partial charge in [0.05, 0.1) is 21.7 Å². The number of hydrogen-bond acceptors (Lipinski definition) is 7. The second kappa shape index (κ2) is 8.12. The van der Waals surface area contributed by atoms with E-state index in [0.29, 0.717) is 46.0 Å². The summed E-state index contributed by atoms with van der Waals surface area (Å²) in [4.78, 5) is 31.6. The molecule has 1 fully saturated rings. The SMILES string of the molecule is O=C1C(=O)N(c2nccs2)C(c2ccc(Cl)c(Cl)c2)/C1=C(\O)c1ccc2c(c1)OCCO2. The average molecular weight is 489 g/mol. The standard InChI is InChI=1S/C22H14Cl2N2O5S/c23-13-3-1-11(9-14(13)24)18-17(20(28)21(29)26(18)22-25-5-8-32-22)19(27)12-2-4-15-16(10-12)31-7-6-30-15/h1-5,8-10,18,27H,6-7H2/b19-17+. The first-order chi connectivity index (χ1) is 15.5. The zero-order chi connectivity index (χ0) is 22.4. The monoisotopic (exact) mass is 488 g/mol. The van der Waals surface area contributed by atoms with Crippen molar-refractivity contribution in [3.8, 4) is 11.5 Å². The zero-order valence-electron chi connectivity index (χ0n) is 16.2.